The first-order chi connectivity index (χ1) is 14.6. The number of ether oxygens (including phenoxy) is 2. The van der Waals surface area contributed by atoms with Crippen LogP contribution in [0.15, 0.2) is 54.2 Å². The predicted molar refractivity (Wildman–Crippen MR) is 117 cm³/mol. The molecule has 1 aliphatic carbocycles. The van der Waals surface area contributed by atoms with Gasteiger partial charge in [-0.05, 0) is 56.0 Å². The highest BCUT2D eigenvalue weighted by Crippen LogP contribution is 2.38. The van der Waals surface area contributed by atoms with Gasteiger partial charge < -0.3 is 19.5 Å². The maximum Gasteiger partial charge on any atom is 0.335 e. The number of hydrogen-bond donors (Lipinski definition) is 1. The third-order valence-corrected chi connectivity index (χ3v) is 6.02. The van der Waals surface area contributed by atoms with Gasteiger partial charge >= 0.3 is 5.97 Å². The lowest BCUT2D eigenvalue weighted by Gasteiger charge is -2.26. The molecule has 0 unspecified atom stereocenters. The molecule has 1 aliphatic rings. The Morgan fingerprint density at radius 1 is 1.17 bits per heavy atom. The molecule has 1 N–H and O–H groups in total. The normalized spacial score (nSPS) is 13.9. The summed E-state index contributed by atoms with van der Waals surface area (Å²) in [6.07, 6.45) is 6.52. The average molecular weight is 425 g/mol. The number of carboxylic acid groups (broad SMARTS) is 1. The van der Waals surface area contributed by atoms with Crippen molar-refractivity contribution in [3.63, 3.8) is 0 Å². The van der Waals surface area contributed by atoms with Crippen LogP contribution in [-0.4, -0.2) is 29.3 Å². The van der Waals surface area contributed by atoms with Gasteiger partial charge in [-0.2, -0.15) is 0 Å². The van der Waals surface area contributed by atoms with Crippen molar-refractivity contribution in [2.75, 3.05) is 12.0 Å². The van der Waals surface area contributed by atoms with Crippen molar-refractivity contribution < 1.29 is 19.4 Å². The van der Waals surface area contributed by atoms with E-state index >= 15 is 0 Å². The molecular weight excluding hydrogens is 400 g/mol. The van der Waals surface area contributed by atoms with Crippen LogP contribution in [0.1, 0.15) is 40.9 Å². The van der Waals surface area contributed by atoms with Gasteiger partial charge in [-0.25, -0.2) is 4.79 Å². The van der Waals surface area contributed by atoms with Crippen molar-refractivity contribution in [3.8, 4) is 11.5 Å². The molecule has 0 aliphatic heterocycles. The molecule has 6 nitrogen and oxygen atoms in total. The monoisotopic (exact) mass is 424 g/mol. The quantitative estimate of drug-likeness (QED) is 0.514. The van der Waals surface area contributed by atoms with E-state index in [0.29, 0.717) is 18.0 Å². The van der Waals surface area contributed by atoms with Crippen molar-refractivity contribution in [3.05, 3.63) is 64.6 Å². The Labute approximate surface area is 179 Å². The molecule has 0 atom stereocenters. The second-order valence-electron chi connectivity index (χ2n) is 7.27. The zero-order valence-electron chi connectivity index (χ0n) is 16.8. The summed E-state index contributed by atoms with van der Waals surface area (Å²) in [5, 5.41) is 9.43. The standard InChI is InChI=1S/C23H24N2O4S/c1-28-21-10-9-18(12-22(21)29-19-7-2-3-8-19)25(14-20-13-24-15-30-20)17-6-4-5-16(11-17)23(26)27/h4-6,9-13,15,19H,2-3,7-8,14H2,1H3,(H,26,27). The second-order valence-corrected chi connectivity index (χ2v) is 8.24. The van der Waals surface area contributed by atoms with E-state index in [-0.39, 0.29) is 11.7 Å². The smallest absolute Gasteiger partial charge is 0.335 e. The highest BCUT2D eigenvalue weighted by molar-refractivity contribution is 7.09. The van der Waals surface area contributed by atoms with Gasteiger partial charge in [-0.1, -0.05) is 6.07 Å². The molecule has 4 rings (SSSR count). The van der Waals surface area contributed by atoms with E-state index in [1.54, 1.807) is 42.2 Å². The van der Waals surface area contributed by atoms with Gasteiger partial charge in [0.25, 0.3) is 0 Å². The van der Waals surface area contributed by atoms with E-state index < -0.39 is 5.97 Å². The molecule has 0 radical (unpaired) electrons. The molecule has 0 saturated heterocycles. The minimum atomic E-state index is -0.949. The molecule has 0 bridgehead atoms. The summed E-state index contributed by atoms with van der Waals surface area (Å²) in [6.45, 7) is 0.572. The largest absolute Gasteiger partial charge is 0.493 e. The molecule has 2 aromatic carbocycles. The molecular formula is C23H24N2O4S. The molecule has 30 heavy (non-hydrogen) atoms. The lowest BCUT2D eigenvalue weighted by Crippen LogP contribution is -2.17. The van der Waals surface area contributed by atoms with Gasteiger partial charge in [0.1, 0.15) is 0 Å². The number of aromatic nitrogens is 1. The van der Waals surface area contributed by atoms with Gasteiger partial charge in [0.2, 0.25) is 0 Å². The summed E-state index contributed by atoms with van der Waals surface area (Å²) in [5.74, 6) is 0.461. The molecule has 7 heteroatoms. The van der Waals surface area contributed by atoms with Gasteiger partial charge in [0.05, 0.1) is 30.8 Å². The summed E-state index contributed by atoms with van der Waals surface area (Å²) in [5.41, 5.74) is 3.74. The minimum Gasteiger partial charge on any atom is -0.493 e. The number of nitrogens with zero attached hydrogens (tertiary/aromatic N) is 2. The van der Waals surface area contributed by atoms with E-state index in [1.807, 2.05) is 30.5 Å². The first kappa shape index (κ1) is 20.2. The fourth-order valence-electron chi connectivity index (χ4n) is 3.73. The number of anilines is 2. The summed E-state index contributed by atoms with van der Waals surface area (Å²) >= 11 is 1.56. The van der Waals surface area contributed by atoms with Crippen LogP contribution in [0.2, 0.25) is 0 Å². The van der Waals surface area contributed by atoms with Crippen molar-refractivity contribution in [2.24, 2.45) is 0 Å². The molecule has 156 valence electrons. The van der Waals surface area contributed by atoms with Gasteiger partial charge in [-0.15, -0.1) is 11.3 Å². The molecule has 3 aromatic rings. The van der Waals surface area contributed by atoms with Crippen LogP contribution in [0, 0.1) is 0 Å². The van der Waals surface area contributed by atoms with Crippen LogP contribution in [0.4, 0.5) is 11.4 Å². The molecule has 1 aromatic heterocycles. The zero-order valence-corrected chi connectivity index (χ0v) is 17.6. The lowest BCUT2D eigenvalue weighted by atomic mass is 10.1. The number of thiazole rings is 1. The summed E-state index contributed by atoms with van der Waals surface area (Å²) in [4.78, 5) is 18.8. The maximum atomic E-state index is 11.5. The van der Waals surface area contributed by atoms with Gasteiger partial charge in [0, 0.05) is 28.5 Å². The third-order valence-electron chi connectivity index (χ3n) is 5.26. The van der Waals surface area contributed by atoms with Crippen molar-refractivity contribution >= 4 is 28.7 Å². The van der Waals surface area contributed by atoms with Gasteiger partial charge in [0.15, 0.2) is 11.5 Å². The highest BCUT2D eigenvalue weighted by Gasteiger charge is 2.20. The van der Waals surface area contributed by atoms with Crippen molar-refractivity contribution in [1.82, 2.24) is 4.98 Å². The van der Waals surface area contributed by atoms with E-state index in [1.165, 1.54) is 12.8 Å². The first-order valence-corrected chi connectivity index (χ1v) is 10.8. The Kier molecular flexibility index (Phi) is 6.18. The SMILES string of the molecule is COc1ccc(N(Cc2cncs2)c2cccc(C(=O)O)c2)cc1OC1CCCC1. The summed E-state index contributed by atoms with van der Waals surface area (Å²) in [6, 6.07) is 12.8. The molecule has 1 fully saturated rings. The lowest BCUT2D eigenvalue weighted by molar-refractivity contribution is 0.0697. The van der Waals surface area contributed by atoms with Crippen LogP contribution in [0.3, 0.4) is 0 Å². The Bertz CT molecular complexity index is 1000. The van der Waals surface area contributed by atoms with E-state index in [4.69, 9.17) is 9.47 Å². The van der Waals surface area contributed by atoms with Crippen LogP contribution < -0.4 is 14.4 Å². The van der Waals surface area contributed by atoms with Gasteiger partial charge in [-0.3, -0.25) is 4.98 Å². The van der Waals surface area contributed by atoms with Crippen LogP contribution in [0.5, 0.6) is 11.5 Å². The summed E-state index contributed by atoms with van der Waals surface area (Å²) in [7, 11) is 1.64. The predicted octanol–water partition coefficient (Wildman–Crippen LogP) is 5.51. The van der Waals surface area contributed by atoms with Crippen LogP contribution in [-0.2, 0) is 6.54 Å². The Morgan fingerprint density at radius 3 is 2.67 bits per heavy atom. The Hall–Kier alpha value is -3.06. The van der Waals surface area contributed by atoms with E-state index in [9.17, 15) is 9.90 Å². The number of aromatic carboxylic acids is 1. The van der Waals surface area contributed by atoms with Crippen molar-refractivity contribution in [1.29, 1.82) is 0 Å². The average Bonchev–Trinajstić information content (AvgIpc) is 3.46. The number of benzene rings is 2. The zero-order chi connectivity index (χ0) is 20.9. The topological polar surface area (TPSA) is 71.9 Å². The molecule has 0 spiro atoms. The number of carboxylic acids is 1. The number of hydrogen-bond acceptors (Lipinski definition) is 6. The molecule has 1 saturated carbocycles. The first-order valence-electron chi connectivity index (χ1n) is 9.97. The fraction of sp³-hybridized carbons (Fsp3) is 0.304. The highest BCUT2D eigenvalue weighted by atomic mass is 32.1. The Balaban J connectivity index is 1.72. The number of methoxy groups -OCH3 is 1. The van der Waals surface area contributed by atoms with Crippen molar-refractivity contribution in [2.45, 2.75) is 38.3 Å². The molecule has 0 amide bonds. The summed E-state index contributed by atoms with van der Waals surface area (Å²) < 4.78 is 11.8. The maximum absolute atomic E-state index is 11.5. The number of rotatable bonds is 8. The second kappa shape index (κ2) is 9.17. The fourth-order valence-corrected chi connectivity index (χ4v) is 4.31. The third kappa shape index (κ3) is 4.57. The Morgan fingerprint density at radius 2 is 1.97 bits per heavy atom. The van der Waals surface area contributed by atoms with Crippen LogP contribution in [0.25, 0.3) is 0 Å². The number of carbonyl (C=O) groups is 1. The molecule has 1 heterocycles. The van der Waals surface area contributed by atoms with E-state index in [0.717, 1.165) is 29.1 Å². The van der Waals surface area contributed by atoms with Crippen LogP contribution >= 0.6 is 11.3 Å². The van der Waals surface area contributed by atoms with E-state index in [2.05, 4.69) is 9.88 Å². The minimum absolute atomic E-state index is 0.208.